The van der Waals surface area contributed by atoms with Gasteiger partial charge in [0.05, 0.1) is 12.7 Å². The third kappa shape index (κ3) is 2.50. The van der Waals surface area contributed by atoms with Crippen molar-refractivity contribution in [2.75, 3.05) is 0 Å². The van der Waals surface area contributed by atoms with E-state index in [0.717, 1.165) is 5.56 Å². The molecule has 0 radical (unpaired) electrons. The van der Waals surface area contributed by atoms with Crippen LogP contribution in [-0.4, -0.2) is 40.8 Å². The Morgan fingerprint density at radius 3 is 2.71 bits per heavy atom. The van der Waals surface area contributed by atoms with E-state index in [9.17, 15) is 9.90 Å². The minimum Gasteiger partial charge on any atom is -0.476 e. The Bertz CT molecular complexity index is 777. The van der Waals surface area contributed by atoms with E-state index in [1.165, 1.54) is 0 Å². The van der Waals surface area contributed by atoms with E-state index in [4.69, 9.17) is 0 Å². The summed E-state index contributed by atoms with van der Waals surface area (Å²) >= 11 is 0. The number of nitrogens with zero attached hydrogens (tertiary/aromatic N) is 6. The average Bonchev–Trinajstić information content (AvgIpc) is 3.06. The van der Waals surface area contributed by atoms with Gasteiger partial charge in [0, 0.05) is 31.2 Å². The van der Waals surface area contributed by atoms with Crippen LogP contribution in [0.3, 0.4) is 0 Å². The molecule has 8 nitrogen and oxygen atoms in total. The lowest BCUT2D eigenvalue weighted by Crippen LogP contribution is -2.06. The van der Waals surface area contributed by atoms with E-state index in [0.29, 0.717) is 17.8 Å². The predicted octanol–water partition coefficient (Wildman–Crippen LogP) is 0.820. The number of rotatable bonds is 4. The van der Waals surface area contributed by atoms with Crippen molar-refractivity contribution in [1.29, 1.82) is 0 Å². The van der Waals surface area contributed by atoms with Gasteiger partial charge in [-0.3, -0.25) is 9.67 Å². The average molecular weight is 284 g/mol. The molecule has 3 rings (SSSR count). The topological polar surface area (TPSA) is 98.7 Å². The number of carboxylic acid groups (broad SMARTS) is 1. The number of hydrogen-bond acceptors (Lipinski definition) is 5. The molecule has 3 heterocycles. The molecule has 106 valence electrons. The van der Waals surface area contributed by atoms with Crippen molar-refractivity contribution < 1.29 is 9.90 Å². The van der Waals surface area contributed by atoms with Crippen LogP contribution < -0.4 is 0 Å². The first-order valence-corrected chi connectivity index (χ1v) is 6.20. The summed E-state index contributed by atoms with van der Waals surface area (Å²) in [5.74, 6) is -1.12. The molecule has 0 aliphatic carbocycles. The SMILES string of the molecule is Cn1cc(-c2c(C(=O)O)nnn2Cc2ccncc2)cn1. The normalized spacial score (nSPS) is 10.7. The fourth-order valence-electron chi connectivity index (χ4n) is 2.06. The first-order valence-electron chi connectivity index (χ1n) is 6.20. The van der Waals surface area contributed by atoms with Crippen molar-refractivity contribution >= 4 is 5.97 Å². The highest BCUT2D eigenvalue weighted by atomic mass is 16.4. The largest absolute Gasteiger partial charge is 0.476 e. The zero-order valence-electron chi connectivity index (χ0n) is 11.2. The molecule has 0 amide bonds. The molecule has 3 aromatic heterocycles. The maximum atomic E-state index is 11.3. The molecule has 0 aromatic carbocycles. The number of carbonyl (C=O) groups is 1. The van der Waals surface area contributed by atoms with Crippen LogP contribution in [0.1, 0.15) is 16.1 Å². The van der Waals surface area contributed by atoms with Crippen LogP contribution in [0.4, 0.5) is 0 Å². The summed E-state index contributed by atoms with van der Waals surface area (Å²) in [5.41, 5.74) is 1.97. The Hall–Kier alpha value is -3.03. The number of carboxylic acids is 1. The standard InChI is InChI=1S/C13H12N6O2/c1-18-8-10(6-15-18)12-11(13(20)21)16-17-19(12)7-9-2-4-14-5-3-9/h2-6,8H,7H2,1H3,(H,20,21). The lowest BCUT2D eigenvalue weighted by molar-refractivity contribution is 0.0691. The van der Waals surface area contributed by atoms with Crippen LogP contribution >= 0.6 is 0 Å². The second kappa shape index (κ2) is 5.16. The van der Waals surface area contributed by atoms with Crippen molar-refractivity contribution in [2.24, 2.45) is 7.05 Å². The van der Waals surface area contributed by atoms with E-state index in [1.807, 2.05) is 12.1 Å². The third-order valence-electron chi connectivity index (χ3n) is 3.00. The molecule has 21 heavy (non-hydrogen) atoms. The van der Waals surface area contributed by atoms with E-state index in [-0.39, 0.29) is 5.69 Å². The first kappa shape index (κ1) is 13.0. The van der Waals surface area contributed by atoms with Crippen LogP contribution in [0.5, 0.6) is 0 Å². The molecule has 0 saturated carbocycles. The Kier molecular flexibility index (Phi) is 3.19. The van der Waals surface area contributed by atoms with Crippen molar-refractivity contribution in [3.63, 3.8) is 0 Å². The minimum atomic E-state index is -1.12. The fourth-order valence-corrected chi connectivity index (χ4v) is 2.06. The van der Waals surface area contributed by atoms with Gasteiger partial charge in [0.1, 0.15) is 5.69 Å². The molecule has 0 aliphatic heterocycles. The lowest BCUT2D eigenvalue weighted by Gasteiger charge is -2.05. The molecular weight excluding hydrogens is 272 g/mol. The highest BCUT2D eigenvalue weighted by Crippen LogP contribution is 2.22. The van der Waals surface area contributed by atoms with Gasteiger partial charge in [-0.05, 0) is 17.7 Å². The van der Waals surface area contributed by atoms with Crippen LogP contribution in [-0.2, 0) is 13.6 Å². The Labute approximate surface area is 119 Å². The second-order valence-electron chi connectivity index (χ2n) is 4.51. The molecule has 0 spiro atoms. The zero-order valence-corrected chi connectivity index (χ0v) is 11.2. The van der Waals surface area contributed by atoms with E-state index in [2.05, 4.69) is 20.4 Å². The Morgan fingerprint density at radius 2 is 2.10 bits per heavy atom. The number of aromatic nitrogens is 6. The first-order chi connectivity index (χ1) is 10.1. The van der Waals surface area contributed by atoms with Gasteiger partial charge in [0.15, 0.2) is 5.69 Å². The van der Waals surface area contributed by atoms with Crippen LogP contribution in [0.25, 0.3) is 11.3 Å². The van der Waals surface area contributed by atoms with Crippen LogP contribution in [0, 0.1) is 0 Å². The number of pyridine rings is 1. The molecule has 3 aromatic rings. The number of aryl methyl sites for hydroxylation is 1. The van der Waals surface area contributed by atoms with Gasteiger partial charge in [0.2, 0.25) is 0 Å². The van der Waals surface area contributed by atoms with E-state index >= 15 is 0 Å². The third-order valence-corrected chi connectivity index (χ3v) is 3.00. The summed E-state index contributed by atoms with van der Waals surface area (Å²) < 4.78 is 3.15. The van der Waals surface area contributed by atoms with Gasteiger partial charge in [-0.15, -0.1) is 5.10 Å². The summed E-state index contributed by atoms with van der Waals surface area (Å²) in [5, 5.41) is 21.0. The highest BCUT2D eigenvalue weighted by Gasteiger charge is 2.21. The monoisotopic (exact) mass is 284 g/mol. The number of aromatic carboxylic acids is 1. The Morgan fingerprint density at radius 1 is 1.33 bits per heavy atom. The van der Waals surface area contributed by atoms with Crippen molar-refractivity contribution in [3.05, 3.63) is 48.2 Å². The van der Waals surface area contributed by atoms with Gasteiger partial charge >= 0.3 is 5.97 Å². The maximum Gasteiger partial charge on any atom is 0.358 e. The van der Waals surface area contributed by atoms with Gasteiger partial charge in [0.25, 0.3) is 0 Å². The molecule has 8 heteroatoms. The molecule has 0 unspecified atom stereocenters. The summed E-state index contributed by atoms with van der Waals surface area (Å²) in [7, 11) is 1.76. The second-order valence-corrected chi connectivity index (χ2v) is 4.51. The maximum absolute atomic E-state index is 11.3. The highest BCUT2D eigenvalue weighted by molar-refractivity contribution is 5.92. The predicted molar refractivity (Wildman–Crippen MR) is 72.5 cm³/mol. The Balaban J connectivity index is 2.07. The van der Waals surface area contributed by atoms with Crippen molar-refractivity contribution in [1.82, 2.24) is 29.8 Å². The van der Waals surface area contributed by atoms with Gasteiger partial charge in [-0.2, -0.15) is 5.10 Å². The minimum absolute atomic E-state index is 0.0861. The van der Waals surface area contributed by atoms with Crippen molar-refractivity contribution in [3.8, 4) is 11.3 Å². The lowest BCUT2D eigenvalue weighted by atomic mass is 10.2. The van der Waals surface area contributed by atoms with Crippen LogP contribution in [0.2, 0.25) is 0 Å². The molecule has 0 atom stereocenters. The summed E-state index contributed by atoms with van der Waals surface area (Å²) in [6.07, 6.45) is 6.67. The smallest absolute Gasteiger partial charge is 0.358 e. The summed E-state index contributed by atoms with van der Waals surface area (Å²) in [6.45, 7) is 0.410. The van der Waals surface area contributed by atoms with Crippen molar-refractivity contribution in [2.45, 2.75) is 6.54 Å². The fraction of sp³-hybridized carbons (Fsp3) is 0.154. The van der Waals surface area contributed by atoms with Gasteiger partial charge in [-0.25, -0.2) is 9.48 Å². The summed E-state index contributed by atoms with van der Waals surface area (Å²) in [4.78, 5) is 15.3. The molecular formula is C13H12N6O2. The van der Waals surface area contributed by atoms with E-state index in [1.54, 1.807) is 41.2 Å². The molecule has 1 N–H and O–H groups in total. The van der Waals surface area contributed by atoms with Gasteiger partial charge < -0.3 is 5.11 Å². The molecule has 0 saturated heterocycles. The quantitative estimate of drug-likeness (QED) is 0.761. The molecule has 0 bridgehead atoms. The van der Waals surface area contributed by atoms with Crippen LogP contribution in [0.15, 0.2) is 36.9 Å². The number of hydrogen-bond donors (Lipinski definition) is 1. The zero-order chi connectivity index (χ0) is 14.8. The van der Waals surface area contributed by atoms with E-state index < -0.39 is 5.97 Å². The molecule has 0 aliphatic rings. The molecule has 0 fully saturated rings. The summed E-state index contributed by atoms with van der Waals surface area (Å²) in [6, 6.07) is 3.68. The van der Waals surface area contributed by atoms with Gasteiger partial charge in [-0.1, -0.05) is 5.21 Å².